The zero-order valence-electron chi connectivity index (χ0n) is 10.6. The maximum absolute atomic E-state index is 11.0. The van der Waals surface area contributed by atoms with Gasteiger partial charge in [-0.15, -0.1) is 0 Å². The van der Waals surface area contributed by atoms with Gasteiger partial charge in [-0.1, -0.05) is 18.2 Å². The van der Waals surface area contributed by atoms with Gasteiger partial charge in [-0.05, 0) is 46.6 Å². The van der Waals surface area contributed by atoms with E-state index in [0.717, 1.165) is 5.56 Å². The van der Waals surface area contributed by atoms with Crippen LogP contribution in [0.5, 0.6) is 11.5 Å². The molecule has 1 N–H and O–H groups in total. The Morgan fingerprint density at radius 1 is 1.25 bits per heavy atom. The Morgan fingerprint density at radius 2 is 1.90 bits per heavy atom. The van der Waals surface area contributed by atoms with Crippen molar-refractivity contribution in [2.45, 2.75) is 13.0 Å². The second-order valence-electron chi connectivity index (χ2n) is 4.19. The first-order chi connectivity index (χ1) is 9.49. The number of aliphatic hydroxyl groups is 1. The number of para-hydroxylation sites is 1. The number of nitro groups is 1. The summed E-state index contributed by atoms with van der Waals surface area (Å²) < 4.78 is 6.07. The average molecular weight is 338 g/mol. The molecule has 0 aromatic heterocycles. The molecular weight excluding hydrogens is 326 g/mol. The topological polar surface area (TPSA) is 72.6 Å². The summed E-state index contributed by atoms with van der Waals surface area (Å²) in [6.07, 6.45) is -0.568. The molecule has 1 unspecified atom stereocenters. The molecule has 20 heavy (non-hydrogen) atoms. The Morgan fingerprint density at radius 3 is 2.45 bits per heavy atom. The Kier molecular flexibility index (Phi) is 4.36. The molecule has 6 heteroatoms. The Balaban J connectivity index is 2.32. The van der Waals surface area contributed by atoms with Crippen molar-refractivity contribution in [1.82, 2.24) is 0 Å². The first kappa shape index (κ1) is 14.5. The maximum atomic E-state index is 11.0. The zero-order valence-corrected chi connectivity index (χ0v) is 12.2. The van der Waals surface area contributed by atoms with Crippen LogP contribution in [0.4, 0.5) is 5.69 Å². The fraction of sp³-hybridized carbons (Fsp3) is 0.143. The molecule has 0 spiro atoms. The van der Waals surface area contributed by atoms with Crippen LogP contribution in [0, 0.1) is 10.1 Å². The minimum absolute atomic E-state index is 0.112. The molecule has 0 saturated carbocycles. The van der Waals surface area contributed by atoms with Crippen LogP contribution in [-0.2, 0) is 0 Å². The number of rotatable bonds is 4. The molecular formula is C14H12BrNO4. The van der Waals surface area contributed by atoms with Gasteiger partial charge in [0.25, 0.3) is 0 Å². The molecule has 0 radical (unpaired) electrons. The molecule has 2 aromatic rings. The first-order valence-electron chi connectivity index (χ1n) is 5.88. The highest BCUT2D eigenvalue weighted by Crippen LogP contribution is 2.38. The van der Waals surface area contributed by atoms with Crippen LogP contribution in [0.2, 0.25) is 0 Å². The summed E-state index contributed by atoms with van der Waals surface area (Å²) in [4.78, 5) is 10.5. The number of aliphatic hydroxyl groups excluding tert-OH is 1. The van der Waals surface area contributed by atoms with Gasteiger partial charge in [0.05, 0.1) is 15.5 Å². The Hall–Kier alpha value is -1.92. The van der Waals surface area contributed by atoms with Crippen molar-refractivity contribution < 1.29 is 14.8 Å². The molecule has 2 rings (SSSR count). The van der Waals surface area contributed by atoms with E-state index in [2.05, 4.69) is 15.9 Å². The minimum atomic E-state index is -0.568. The van der Waals surface area contributed by atoms with E-state index in [1.54, 1.807) is 43.3 Å². The van der Waals surface area contributed by atoms with Crippen LogP contribution >= 0.6 is 15.9 Å². The molecule has 0 aliphatic rings. The molecule has 1 atom stereocenters. The van der Waals surface area contributed by atoms with E-state index in [0.29, 0.717) is 10.2 Å². The predicted octanol–water partition coefficient (Wildman–Crippen LogP) is 4.20. The Bertz CT molecular complexity index is 626. The van der Waals surface area contributed by atoms with Gasteiger partial charge < -0.3 is 9.84 Å². The third kappa shape index (κ3) is 3.15. The predicted molar refractivity (Wildman–Crippen MR) is 77.9 cm³/mol. The van der Waals surface area contributed by atoms with Crippen molar-refractivity contribution in [1.29, 1.82) is 0 Å². The summed E-state index contributed by atoms with van der Waals surface area (Å²) in [7, 11) is 0. The van der Waals surface area contributed by atoms with Crippen molar-refractivity contribution in [3.63, 3.8) is 0 Å². The molecule has 0 aliphatic heterocycles. The second-order valence-corrected chi connectivity index (χ2v) is 5.05. The smallest absolute Gasteiger partial charge is 0.312 e. The van der Waals surface area contributed by atoms with Gasteiger partial charge >= 0.3 is 5.69 Å². The summed E-state index contributed by atoms with van der Waals surface area (Å²) in [5, 5.41) is 20.4. The molecule has 0 bridgehead atoms. The third-order valence-electron chi connectivity index (χ3n) is 2.73. The van der Waals surface area contributed by atoms with Gasteiger partial charge in [0.2, 0.25) is 5.75 Å². The molecule has 0 heterocycles. The number of hydrogen-bond acceptors (Lipinski definition) is 4. The third-order valence-corrected chi connectivity index (χ3v) is 3.35. The van der Waals surface area contributed by atoms with Gasteiger partial charge in [-0.3, -0.25) is 10.1 Å². The Labute approximate surface area is 124 Å². The lowest BCUT2D eigenvalue weighted by Gasteiger charge is -2.09. The van der Waals surface area contributed by atoms with Gasteiger partial charge in [0.1, 0.15) is 5.75 Å². The summed E-state index contributed by atoms with van der Waals surface area (Å²) in [5.41, 5.74) is 0.637. The number of nitro benzene ring substituents is 1. The fourth-order valence-corrected chi connectivity index (χ4v) is 2.11. The summed E-state index contributed by atoms with van der Waals surface area (Å²) in [6.45, 7) is 1.66. The van der Waals surface area contributed by atoms with Gasteiger partial charge in [-0.2, -0.15) is 0 Å². The van der Waals surface area contributed by atoms with Gasteiger partial charge in [0.15, 0.2) is 0 Å². The monoisotopic (exact) mass is 337 g/mol. The van der Waals surface area contributed by atoms with E-state index in [1.807, 2.05) is 0 Å². The summed E-state index contributed by atoms with van der Waals surface area (Å²) >= 11 is 3.24. The lowest BCUT2D eigenvalue weighted by molar-refractivity contribution is -0.385. The maximum Gasteiger partial charge on any atom is 0.312 e. The average Bonchev–Trinajstić information content (AvgIpc) is 2.41. The van der Waals surface area contributed by atoms with Gasteiger partial charge in [0, 0.05) is 6.07 Å². The second kappa shape index (κ2) is 6.02. The van der Waals surface area contributed by atoms with Crippen molar-refractivity contribution in [3.8, 4) is 11.5 Å². The van der Waals surface area contributed by atoms with Crippen LogP contribution in [0.1, 0.15) is 18.6 Å². The van der Waals surface area contributed by atoms with Crippen LogP contribution < -0.4 is 4.74 Å². The molecule has 2 aromatic carbocycles. The highest BCUT2D eigenvalue weighted by atomic mass is 79.9. The zero-order chi connectivity index (χ0) is 14.7. The largest absolute Gasteiger partial charge is 0.449 e. The van der Waals surface area contributed by atoms with E-state index in [1.165, 1.54) is 6.07 Å². The minimum Gasteiger partial charge on any atom is -0.449 e. The SMILES string of the molecule is CC(O)c1ccc(Oc2c(Br)cccc2[N+](=O)[O-])cc1. The van der Waals surface area contributed by atoms with E-state index in [4.69, 9.17) is 4.74 Å². The molecule has 0 aliphatic carbocycles. The van der Waals surface area contributed by atoms with Crippen molar-refractivity contribution in [2.75, 3.05) is 0 Å². The summed E-state index contributed by atoms with van der Waals surface area (Å²) in [5.74, 6) is 0.617. The molecule has 104 valence electrons. The van der Waals surface area contributed by atoms with Crippen LogP contribution in [0.15, 0.2) is 46.9 Å². The van der Waals surface area contributed by atoms with Crippen molar-refractivity contribution in [3.05, 3.63) is 62.6 Å². The number of halogens is 1. The fourth-order valence-electron chi connectivity index (χ4n) is 1.67. The lowest BCUT2D eigenvalue weighted by atomic mass is 10.1. The number of ether oxygens (including phenoxy) is 1. The van der Waals surface area contributed by atoms with E-state index < -0.39 is 11.0 Å². The molecule has 0 amide bonds. The van der Waals surface area contributed by atoms with Crippen molar-refractivity contribution in [2.24, 2.45) is 0 Å². The standard InChI is InChI=1S/C14H12BrNO4/c1-9(17)10-5-7-11(8-6-10)20-14-12(15)3-2-4-13(14)16(18)19/h2-9,17H,1H3. The number of hydrogen-bond donors (Lipinski definition) is 1. The quantitative estimate of drug-likeness (QED) is 0.670. The highest BCUT2D eigenvalue weighted by molar-refractivity contribution is 9.10. The summed E-state index contributed by atoms with van der Waals surface area (Å²) in [6, 6.07) is 11.4. The lowest BCUT2D eigenvalue weighted by Crippen LogP contribution is -1.95. The highest BCUT2D eigenvalue weighted by Gasteiger charge is 2.18. The number of nitrogens with zero attached hydrogens (tertiary/aromatic N) is 1. The van der Waals surface area contributed by atoms with E-state index in [9.17, 15) is 15.2 Å². The van der Waals surface area contributed by atoms with E-state index in [-0.39, 0.29) is 11.4 Å². The first-order valence-corrected chi connectivity index (χ1v) is 6.67. The van der Waals surface area contributed by atoms with Crippen LogP contribution in [0.3, 0.4) is 0 Å². The molecule has 5 nitrogen and oxygen atoms in total. The van der Waals surface area contributed by atoms with Gasteiger partial charge in [-0.25, -0.2) is 0 Å². The molecule has 0 fully saturated rings. The normalized spacial score (nSPS) is 11.9. The van der Waals surface area contributed by atoms with Crippen molar-refractivity contribution >= 4 is 21.6 Å². The van der Waals surface area contributed by atoms with E-state index >= 15 is 0 Å². The van der Waals surface area contributed by atoms with Crippen LogP contribution in [0.25, 0.3) is 0 Å². The van der Waals surface area contributed by atoms with Crippen LogP contribution in [-0.4, -0.2) is 10.0 Å². The number of benzene rings is 2. The molecule has 0 saturated heterocycles.